The zero-order valence-electron chi connectivity index (χ0n) is 27.8. The molecular weight excluding hydrogens is 637 g/mol. The standard InChI is InChI=1S/C48H32N2S/c1-3-12-35(13-4-1)49(39-25-29-42-34(31-39)20-28-43-41-16-8-7-11-33(41)19-27-44(42)43)37-21-23-38(24-22-37)50(36-14-5-2-6-15-36)40-26-30-46-45-17-9-10-18-47(45)51-48(46)32-40/h1-32H. The highest BCUT2D eigenvalue weighted by Gasteiger charge is 2.18. The van der Waals surface area contributed by atoms with Crippen molar-refractivity contribution < 1.29 is 0 Å². The van der Waals surface area contributed by atoms with Gasteiger partial charge in [-0.15, -0.1) is 11.3 Å². The molecule has 51 heavy (non-hydrogen) atoms. The van der Waals surface area contributed by atoms with Crippen LogP contribution in [-0.4, -0.2) is 0 Å². The molecule has 0 bridgehead atoms. The first kappa shape index (κ1) is 29.5. The largest absolute Gasteiger partial charge is 0.310 e. The fourth-order valence-electron chi connectivity index (χ4n) is 7.61. The van der Waals surface area contributed by atoms with Crippen LogP contribution in [0, 0.1) is 0 Å². The number of rotatable bonds is 6. The summed E-state index contributed by atoms with van der Waals surface area (Å²) in [5.41, 5.74) is 6.71. The van der Waals surface area contributed by atoms with Crippen molar-refractivity contribution in [3.05, 3.63) is 194 Å². The molecule has 0 saturated carbocycles. The van der Waals surface area contributed by atoms with E-state index in [1.54, 1.807) is 0 Å². The second kappa shape index (κ2) is 12.2. The first-order chi connectivity index (χ1) is 25.3. The minimum Gasteiger partial charge on any atom is -0.310 e. The van der Waals surface area contributed by atoms with E-state index in [0.29, 0.717) is 0 Å². The molecular formula is C48H32N2S. The van der Waals surface area contributed by atoms with Gasteiger partial charge in [0.05, 0.1) is 0 Å². The van der Waals surface area contributed by atoms with E-state index in [4.69, 9.17) is 0 Å². The number of para-hydroxylation sites is 2. The van der Waals surface area contributed by atoms with E-state index in [1.807, 2.05) is 11.3 Å². The van der Waals surface area contributed by atoms with Gasteiger partial charge in [-0.05, 0) is 111 Å². The molecule has 0 aliphatic rings. The van der Waals surface area contributed by atoms with Crippen LogP contribution in [0.4, 0.5) is 34.1 Å². The summed E-state index contributed by atoms with van der Waals surface area (Å²) in [5.74, 6) is 0. The zero-order chi connectivity index (χ0) is 33.7. The molecule has 0 radical (unpaired) electrons. The Morgan fingerprint density at radius 1 is 0.255 bits per heavy atom. The van der Waals surface area contributed by atoms with Crippen LogP contribution in [0.1, 0.15) is 0 Å². The summed E-state index contributed by atoms with van der Waals surface area (Å²) < 4.78 is 2.61. The van der Waals surface area contributed by atoms with E-state index < -0.39 is 0 Å². The minimum absolute atomic E-state index is 1.10. The van der Waals surface area contributed by atoms with Gasteiger partial charge in [-0.3, -0.25) is 0 Å². The van der Waals surface area contributed by atoms with Crippen LogP contribution in [0.3, 0.4) is 0 Å². The van der Waals surface area contributed by atoms with Gasteiger partial charge in [-0.2, -0.15) is 0 Å². The van der Waals surface area contributed by atoms with Crippen molar-refractivity contribution in [1.82, 2.24) is 0 Å². The molecule has 240 valence electrons. The number of thiophene rings is 1. The molecule has 0 unspecified atom stereocenters. The number of nitrogens with zero attached hydrogens (tertiary/aromatic N) is 2. The highest BCUT2D eigenvalue weighted by atomic mass is 32.1. The third-order valence-electron chi connectivity index (χ3n) is 10.00. The zero-order valence-corrected chi connectivity index (χ0v) is 28.6. The van der Waals surface area contributed by atoms with Gasteiger partial charge in [0.15, 0.2) is 0 Å². The van der Waals surface area contributed by atoms with Crippen molar-refractivity contribution in [1.29, 1.82) is 0 Å². The third kappa shape index (κ3) is 5.10. The van der Waals surface area contributed by atoms with Crippen LogP contribution in [0.5, 0.6) is 0 Å². The molecule has 0 atom stereocenters. The van der Waals surface area contributed by atoms with Crippen molar-refractivity contribution in [3.63, 3.8) is 0 Å². The van der Waals surface area contributed by atoms with Gasteiger partial charge in [0.1, 0.15) is 0 Å². The maximum atomic E-state index is 2.35. The molecule has 0 aliphatic carbocycles. The van der Waals surface area contributed by atoms with E-state index in [-0.39, 0.29) is 0 Å². The quantitative estimate of drug-likeness (QED) is 0.163. The Bertz CT molecular complexity index is 2860. The molecule has 10 aromatic rings. The molecule has 10 rings (SSSR count). The van der Waals surface area contributed by atoms with Crippen LogP contribution < -0.4 is 9.80 Å². The number of hydrogen-bond acceptors (Lipinski definition) is 3. The number of anilines is 6. The molecule has 0 spiro atoms. The van der Waals surface area contributed by atoms with E-state index in [0.717, 1.165) is 34.1 Å². The lowest BCUT2D eigenvalue weighted by atomic mass is 9.96. The predicted octanol–water partition coefficient (Wildman–Crippen LogP) is 14.5. The van der Waals surface area contributed by atoms with Gasteiger partial charge in [0, 0.05) is 54.3 Å². The van der Waals surface area contributed by atoms with Crippen LogP contribution in [-0.2, 0) is 0 Å². The highest BCUT2D eigenvalue weighted by Crippen LogP contribution is 2.43. The summed E-state index contributed by atoms with van der Waals surface area (Å²) in [5, 5.41) is 10.2. The lowest BCUT2D eigenvalue weighted by Gasteiger charge is -2.28. The topological polar surface area (TPSA) is 6.48 Å². The van der Waals surface area contributed by atoms with Gasteiger partial charge < -0.3 is 9.80 Å². The van der Waals surface area contributed by atoms with Gasteiger partial charge in [-0.1, -0.05) is 115 Å². The van der Waals surface area contributed by atoms with Crippen LogP contribution in [0.2, 0.25) is 0 Å². The first-order valence-electron chi connectivity index (χ1n) is 17.3. The number of benzene rings is 9. The van der Waals surface area contributed by atoms with Crippen LogP contribution in [0.25, 0.3) is 52.5 Å². The van der Waals surface area contributed by atoms with Gasteiger partial charge in [0.25, 0.3) is 0 Å². The lowest BCUT2D eigenvalue weighted by Crippen LogP contribution is -2.12. The maximum Gasteiger partial charge on any atom is 0.0476 e. The second-order valence-electron chi connectivity index (χ2n) is 13.0. The second-order valence-corrected chi connectivity index (χ2v) is 14.1. The summed E-state index contributed by atoms with van der Waals surface area (Å²) in [6, 6.07) is 70.4. The molecule has 2 nitrogen and oxygen atoms in total. The van der Waals surface area contributed by atoms with Crippen LogP contribution >= 0.6 is 11.3 Å². The Labute approximate surface area is 300 Å². The van der Waals surface area contributed by atoms with Gasteiger partial charge >= 0.3 is 0 Å². The highest BCUT2D eigenvalue weighted by molar-refractivity contribution is 7.25. The van der Waals surface area contributed by atoms with E-state index >= 15 is 0 Å². The van der Waals surface area contributed by atoms with Crippen molar-refractivity contribution in [2.75, 3.05) is 9.80 Å². The maximum absolute atomic E-state index is 2.35. The molecule has 3 heteroatoms. The molecule has 0 saturated heterocycles. The normalized spacial score (nSPS) is 11.5. The average molecular weight is 669 g/mol. The monoisotopic (exact) mass is 668 g/mol. The summed E-state index contributed by atoms with van der Waals surface area (Å²) >= 11 is 1.85. The fourth-order valence-corrected chi connectivity index (χ4v) is 8.75. The van der Waals surface area contributed by atoms with E-state index in [1.165, 1.54) is 52.5 Å². The summed E-state index contributed by atoms with van der Waals surface area (Å²) in [6.45, 7) is 0. The Balaban J connectivity index is 1.07. The van der Waals surface area contributed by atoms with Crippen molar-refractivity contribution >= 4 is 98.0 Å². The Morgan fingerprint density at radius 3 is 1.35 bits per heavy atom. The third-order valence-corrected chi connectivity index (χ3v) is 11.1. The van der Waals surface area contributed by atoms with E-state index in [2.05, 4.69) is 204 Å². The summed E-state index contributed by atoms with van der Waals surface area (Å²) in [4.78, 5) is 4.70. The van der Waals surface area contributed by atoms with Crippen molar-refractivity contribution in [2.45, 2.75) is 0 Å². The summed E-state index contributed by atoms with van der Waals surface area (Å²) in [7, 11) is 0. The number of fused-ring (bicyclic) bond motifs is 8. The fraction of sp³-hybridized carbons (Fsp3) is 0. The summed E-state index contributed by atoms with van der Waals surface area (Å²) in [6.07, 6.45) is 0. The van der Waals surface area contributed by atoms with Crippen molar-refractivity contribution in [3.8, 4) is 0 Å². The smallest absolute Gasteiger partial charge is 0.0476 e. The molecule has 1 heterocycles. The average Bonchev–Trinajstić information content (AvgIpc) is 3.57. The Morgan fingerprint density at radius 2 is 0.686 bits per heavy atom. The van der Waals surface area contributed by atoms with Crippen LogP contribution in [0.15, 0.2) is 194 Å². The van der Waals surface area contributed by atoms with Gasteiger partial charge in [-0.25, -0.2) is 0 Å². The first-order valence-corrected chi connectivity index (χ1v) is 18.2. The minimum atomic E-state index is 1.10. The van der Waals surface area contributed by atoms with Crippen molar-refractivity contribution in [2.24, 2.45) is 0 Å². The molecule has 0 amide bonds. The lowest BCUT2D eigenvalue weighted by molar-refractivity contribution is 1.26. The molecule has 0 N–H and O–H groups in total. The Kier molecular flexibility index (Phi) is 7.04. The Hall–Kier alpha value is -6.42. The van der Waals surface area contributed by atoms with Gasteiger partial charge in [0.2, 0.25) is 0 Å². The molecule has 9 aromatic carbocycles. The number of hydrogen-bond donors (Lipinski definition) is 0. The molecule has 0 aliphatic heterocycles. The molecule has 1 aromatic heterocycles. The van der Waals surface area contributed by atoms with E-state index in [9.17, 15) is 0 Å². The molecule has 0 fully saturated rings. The SMILES string of the molecule is c1ccc(N(c2ccc(N(c3ccccc3)c3ccc4c(c3)sc3ccccc34)cc2)c2ccc3c(ccc4c5ccccc5ccc34)c2)cc1. The predicted molar refractivity (Wildman–Crippen MR) is 221 cm³/mol.